The largest absolute Gasteiger partial charge is 0.481 e. The predicted octanol–water partition coefficient (Wildman–Crippen LogP) is 6.52. The van der Waals surface area contributed by atoms with E-state index in [1.807, 2.05) is 4.90 Å². The lowest BCUT2D eigenvalue weighted by atomic mass is 9.90. The van der Waals surface area contributed by atoms with Gasteiger partial charge in [-0.1, -0.05) is 35.3 Å². The second kappa shape index (κ2) is 11.2. The van der Waals surface area contributed by atoms with Crippen molar-refractivity contribution in [1.29, 1.82) is 0 Å². The van der Waals surface area contributed by atoms with E-state index in [1.165, 1.54) is 19.9 Å². The van der Waals surface area contributed by atoms with Crippen LogP contribution in [0.5, 0.6) is 0 Å². The highest BCUT2D eigenvalue weighted by atomic mass is 35.5. The Labute approximate surface area is 240 Å². The number of aliphatic carboxylic acids is 1. The minimum Gasteiger partial charge on any atom is -0.481 e. The fourth-order valence-corrected chi connectivity index (χ4v) is 5.93. The molecule has 218 valence electrons. The number of piperidine rings is 1. The zero-order valence-corrected chi connectivity index (χ0v) is 24.0. The molecule has 1 aliphatic heterocycles. The van der Waals surface area contributed by atoms with Gasteiger partial charge in [-0.05, 0) is 40.2 Å². The van der Waals surface area contributed by atoms with Crippen LogP contribution in [0.1, 0.15) is 50.8 Å². The van der Waals surface area contributed by atoms with E-state index >= 15 is 0 Å². The number of thiazole rings is 1. The number of benzene rings is 1. The maximum absolute atomic E-state index is 14.1. The van der Waals surface area contributed by atoms with Gasteiger partial charge in [0.2, 0.25) is 5.89 Å². The number of aliphatic hydroxyl groups is 1. The molecule has 3 aromatic rings. The molecule has 1 unspecified atom stereocenters. The van der Waals surface area contributed by atoms with Crippen LogP contribution in [-0.4, -0.2) is 61.7 Å². The summed E-state index contributed by atoms with van der Waals surface area (Å²) in [5.74, 6) is -0.954. The summed E-state index contributed by atoms with van der Waals surface area (Å²) in [6.07, 6.45) is -4.95. The summed E-state index contributed by atoms with van der Waals surface area (Å²) in [4.78, 5) is 18.4. The number of aromatic nitrogens is 3. The zero-order chi connectivity index (χ0) is 29.6. The molecule has 0 saturated carbocycles. The van der Waals surface area contributed by atoms with E-state index in [4.69, 9.17) is 27.6 Å². The second-order valence-electron chi connectivity index (χ2n) is 10.5. The molecule has 40 heavy (non-hydrogen) atoms. The molecule has 2 aromatic heterocycles. The SMILES string of the molecule is CC(C)(Cc1nnc(-c2nc(CN3CCC[C@@H](F)C3)c(-c3ccc(C(C)(O)C(F)(F)F)c(Cl)c3Cl)s2)o1)C(=O)O. The summed E-state index contributed by atoms with van der Waals surface area (Å²) in [5, 5.41) is 27.1. The summed E-state index contributed by atoms with van der Waals surface area (Å²) in [6, 6.07) is 2.37. The minimum atomic E-state index is -5.01. The second-order valence-corrected chi connectivity index (χ2v) is 12.2. The van der Waals surface area contributed by atoms with Crippen molar-refractivity contribution in [2.24, 2.45) is 5.41 Å². The van der Waals surface area contributed by atoms with Gasteiger partial charge in [0.05, 0.1) is 26.0 Å². The normalized spacial score (nSPS) is 18.6. The van der Waals surface area contributed by atoms with Crippen LogP contribution in [0.3, 0.4) is 0 Å². The average molecular weight is 625 g/mol. The Morgan fingerprint density at radius 1 is 1.20 bits per heavy atom. The molecule has 8 nitrogen and oxygen atoms in total. The van der Waals surface area contributed by atoms with Crippen LogP contribution in [-0.2, 0) is 23.4 Å². The van der Waals surface area contributed by atoms with Crippen molar-refractivity contribution in [3.05, 3.63) is 39.3 Å². The number of carboxylic acid groups (broad SMARTS) is 1. The minimum absolute atomic E-state index is 0.00884. The Morgan fingerprint density at radius 2 is 1.90 bits per heavy atom. The van der Waals surface area contributed by atoms with Crippen LogP contribution >= 0.6 is 34.5 Å². The Bertz CT molecular complexity index is 1410. The molecule has 0 radical (unpaired) electrons. The first kappa shape index (κ1) is 30.6. The van der Waals surface area contributed by atoms with Crippen LogP contribution < -0.4 is 0 Å². The van der Waals surface area contributed by atoms with Gasteiger partial charge in [-0.2, -0.15) is 13.2 Å². The molecule has 0 bridgehead atoms. The summed E-state index contributed by atoms with van der Waals surface area (Å²) < 4.78 is 60.3. The highest BCUT2D eigenvalue weighted by Gasteiger charge is 2.52. The van der Waals surface area contributed by atoms with E-state index < -0.39 is 39.9 Å². The molecular weight excluding hydrogens is 599 g/mol. The summed E-state index contributed by atoms with van der Waals surface area (Å²) in [7, 11) is 0. The van der Waals surface area contributed by atoms with Gasteiger partial charge in [0.25, 0.3) is 5.89 Å². The monoisotopic (exact) mass is 624 g/mol. The molecule has 0 spiro atoms. The van der Waals surface area contributed by atoms with Gasteiger partial charge < -0.3 is 14.6 Å². The lowest BCUT2D eigenvalue weighted by molar-refractivity contribution is -0.258. The number of likely N-dealkylation sites (tertiary alicyclic amines) is 1. The van der Waals surface area contributed by atoms with Gasteiger partial charge in [-0.25, -0.2) is 9.37 Å². The van der Waals surface area contributed by atoms with Crippen molar-refractivity contribution in [1.82, 2.24) is 20.1 Å². The van der Waals surface area contributed by atoms with E-state index in [9.17, 15) is 32.6 Å². The zero-order valence-electron chi connectivity index (χ0n) is 21.7. The number of carbonyl (C=O) groups is 1. The Balaban J connectivity index is 1.77. The molecule has 1 aromatic carbocycles. The van der Waals surface area contributed by atoms with Crippen molar-refractivity contribution in [2.45, 2.75) is 64.5 Å². The number of nitrogens with zero attached hydrogens (tertiary/aromatic N) is 4. The molecule has 15 heteroatoms. The van der Waals surface area contributed by atoms with Gasteiger partial charge in [0.1, 0.15) is 6.17 Å². The van der Waals surface area contributed by atoms with E-state index in [1.54, 1.807) is 0 Å². The number of rotatable bonds is 8. The van der Waals surface area contributed by atoms with E-state index in [-0.39, 0.29) is 46.9 Å². The summed E-state index contributed by atoms with van der Waals surface area (Å²) >= 11 is 13.8. The summed E-state index contributed by atoms with van der Waals surface area (Å²) in [6.45, 7) is 4.62. The molecular formula is C25H26Cl2F4N4O4S. The van der Waals surface area contributed by atoms with Crippen molar-refractivity contribution in [3.8, 4) is 21.3 Å². The molecule has 2 atom stereocenters. The molecule has 0 aliphatic carbocycles. The first-order valence-electron chi connectivity index (χ1n) is 12.2. The third kappa shape index (κ3) is 6.13. The smallest absolute Gasteiger partial charge is 0.421 e. The Hall–Kier alpha value is -2.32. The maximum Gasteiger partial charge on any atom is 0.421 e. The highest BCUT2D eigenvalue weighted by molar-refractivity contribution is 7.18. The van der Waals surface area contributed by atoms with E-state index in [2.05, 4.69) is 15.2 Å². The van der Waals surface area contributed by atoms with Gasteiger partial charge in [0.15, 0.2) is 10.6 Å². The molecule has 3 heterocycles. The lowest BCUT2D eigenvalue weighted by Gasteiger charge is -2.29. The molecule has 0 amide bonds. The number of hydrogen-bond acceptors (Lipinski definition) is 8. The van der Waals surface area contributed by atoms with Gasteiger partial charge in [-0.15, -0.1) is 21.5 Å². The fraction of sp³-hybridized carbons (Fsp3) is 0.520. The van der Waals surface area contributed by atoms with Gasteiger partial charge in [0, 0.05) is 30.6 Å². The first-order chi connectivity index (χ1) is 18.5. The molecule has 1 aliphatic rings. The van der Waals surface area contributed by atoms with Crippen LogP contribution in [0.25, 0.3) is 21.3 Å². The Kier molecular flexibility index (Phi) is 8.55. The van der Waals surface area contributed by atoms with Crippen LogP contribution in [0.15, 0.2) is 16.5 Å². The van der Waals surface area contributed by atoms with Gasteiger partial charge in [-0.3, -0.25) is 9.69 Å². The summed E-state index contributed by atoms with van der Waals surface area (Å²) in [5.41, 5.74) is -4.33. The molecule has 4 rings (SSSR count). The topological polar surface area (TPSA) is 113 Å². The number of carboxylic acids is 1. The van der Waals surface area contributed by atoms with Crippen LogP contribution in [0.4, 0.5) is 17.6 Å². The average Bonchev–Trinajstić information content (AvgIpc) is 3.46. The third-order valence-electron chi connectivity index (χ3n) is 6.74. The highest BCUT2D eigenvalue weighted by Crippen LogP contribution is 2.47. The van der Waals surface area contributed by atoms with E-state index in [0.717, 1.165) is 17.4 Å². The standard InChI is InChI=1S/C25H26Cl2F4N4O4S/c1-23(2,22(36)37)9-16-33-34-20(39-16)21-32-15(11-35-8-4-5-12(28)10-35)19(40-21)13-6-7-14(18(27)17(13)26)24(3,38)25(29,30)31/h6-7,12,38H,4-5,8-11H2,1-3H3,(H,36,37)/t12-,24?/m1/s1. The van der Waals surface area contributed by atoms with Gasteiger partial charge >= 0.3 is 12.1 Å². The first-order valence-corrected chi connectivity index (χ1v) is 13.8. The number of alkyl halides is 4. The lowest BCUT2D eigenvalue weighted by Crippen LogP contribution is -2.39. The van der Waals surface area contributed by atoms with Crippen LogP contribution in [0, 0.1) is 5.41 Å². The van der Waals surface area contributed by atoms with Crippen molar-refractivity contribution < 1.29 is 37.0 Å². The van der Waals surface area contributed by atoms with Crippen molar-refractivity contribution >= 4 is 40.5 Å². The predicted molar refractivity (Wildman–Crippen MR) is 141 cm³/mol. The fourth-order valence-electron chi connectivity index (χ4n) is 4.23. The van der Waals surface area contributed by atoms with E-state index in [0.29, 0.717) is 36.9 Å². The van der Waals surface area contributed by atoms with Crippen molar-refractivity contribution in [2.75, 3.05) is 13.1 Å². The molecule has 1 fully saturated rings. The molecule has 2 N–H and O–H groups in total. The third-order valence-corrected chi connectivity index (χ3v) is 8.74. The molecule has 1 saturated heterocycles. The van der Waals surface area contributed by atoms with Crippen molar-refractivity contribution in [3.63, 3.8) is 0 Å². The van der Waals surface area contributed by atoms with Crippen LogP contribution in [0.2, 0.25) is 10.0 Å². The Morgan fingerprint density at radius 3 is 2.52 bits per heavy atom. The maximum atomic E-state index is 14.1. The number of halogens is 6. The number of hydrogen-bond donors (Lipinski definition) is 2. The quantitative estimate of drug-likeness (QED) is 0.272.